The van der Waals surface area contributed by atoms with Gasteiger partial charge >= 0.3 is 16.4 Å². The van der Waals surface area contributed by atoms with Gasteiger partial charge in [0.15, 0.2) is 0 Å². The average Bonchev–Trinajstić information content (AvgIpc) is 3.45. The Kier molecular flexibility index (Phi) is 11.6. The molecular weight excluding hydrogens is 862 g/mol. The monoisotopic (exact) mass is 903 g/mol. The largest absolute Gasteiger partial charge is 0.416 e. The van der Waals surface area contributed by atoms with Crippen LogP contribution in [0.1, 0.15) is 88.0 Å². The molecule has 4 fully saturated rings. The molecule has 1 spiro atoms. The van der Waals surface area contributed by atoms with Crippen LogP contribution in [0.5, 0.6) is 0 Å². The van der Waals surface area contributed by atoms with Crippen LogP contribution in [0.4, 0.5) is 30.2 Å². The molecule has 3 aromatic rings. The average molecular weight is 905 g/mol. The molecule has 0 bridgehead atoms. The van der Waals surface area contributed by atoms with Crippen LogP contribution in [0.25, 0.3) is 0 Å². The normalized spacial score (nSPS) is 21.6. The smallest absolute Gasteiger partial charge is 0.382 e. The first-order chi connectivity index (χ1) is 28.9. The molecule has 1 atom stereocenters. The van der Waals surface area contributed by atoms with Crippen molar-refractivity contribution < 1.29 is 45.6 Å². The molecule has 4 aliphatic heterocycles. The van der Waals surface area contributed by atoms with Gasteiger partial charge in [-0.15, -0.1) is 0 Å². The van der Waals surface area contributed by atoms with Gasteiger partial charge in [0.25, 0.3) is 17.7 Å². The van der Waals surface area contributed by atoms with Crippen LogP contribution in [0.3, 0.4) is 0 Å². The fourth-order valence-corrected chi connectivity index (χ4v) is 10.9. The third-order valence-electron chi connectivity index (χ3n) is 12.5. The Balaban J connectivity index is 0.803. The molecule has 1 saturated carbocycles. The molecule has 3 saturated heterocycles. The van der Waals surface area contributed by atoms with Gasteiger partial charge in [0.2, 0.25) is 11.8 Å². The molecule has 20 heteroatoms. The predicted octanol–water partition coefficient (Wildman–Crippen LogP) is 6.39. The van der Waals surface area contributed by atoms with Crippen molar-refractivity contribution in [3.63, 3.8) is 0 Å². The first kappa shape index (κ1) is 42.9. The zero-order chi connectivity index (χ0) is 43.4. The van der Waals surface area contributed by atoms with E-state index in [0.29, 0.717) is 24.6 Å². The number of carbonyl (C=O) groups excluding carboxylic acids is 5. The summed E-state index contributed by atoms with van der Waals surface area (Å²) in [5, 5.41) is 7.94. The number of fused-ring (bicyclic) bond motifs is 1. The van der Waals surface area contributed by atoms with Crippen LogP contribution in [-0.4, -0.2) is 96.9 Å². The number of nitrogens with zero attached hydrogens (tertiary/aromatic N) is 3. The van der Waals surface area contributed by atoms with Gasteiger partial charge in [-0.3, -0.25) is 38.9 Å². The number of anilines is 3. The number of likely N-dealkylation sites (tertiary alicyclic amines) is 1. The summed E-state index contributed by atoms with van der Waals surface area (Å²) in [7, 11) is -4.10. The van der Waals surface area contributed by atoms with Gasteiger partial charge in [-0.05, 0) is 118 Å². The van der Waals surface area contributed by atoms with E-state index in [-0.39, 0.29) is 81.4 Å². The summed E-state index contributed by atoms with van der Waals surface area (Å²) < 4.78 is 70.2. The second-order valence-electron chi connectivity index (χ2n) is 16.5. The number of nitrogens with one attached hydrogen (secondary N) is 4. The minimum Gasteiger partial charge on any atom is -0.382 e. The summed E-state index contributed by atoms with van der Waals surface area (Å²) in [6.07, 6.45) is 0.600. The number of hydrogen-bond acceptors (Lipinski definition) is 9. The van der Waals surface area contributed by atoms with Gasteiger partial charge in [-0.1, -0.05) is 29.3 Å². The first-order valence-electron chi connectivity index (χ1n) is 20.0. The van der Waals surface area contributed by atoms with E-state index >= 15 is 0 Å². The predicted molar refractivity (Wildman–Crippen MR) is 221 cm³/mol. The Morgan fingerprint density at radius 2 is 1.57 bits per heavy atom. The van der Waals surface area contributed by atoms with Crippen molar-refractivity contribution in [3.05, 3.63) is 86.9 Å². The summed E-state index contributed by atoms with van der Waals surface area (Å²) in [5.41, 5.74) is -0.0731. The van der Waals surface area contributed by atoms with Gasteiger partial charge in [0.05, 0.1) is 38.7 Å². The maximum absolute atomic E-state index is 13.5. The topological polar surface area (TPSA) is 177 Å². The lowest BCUT2D eigenvalue weighted by molar-refractivity contribution is -0.138. The molecule has 324 valence electrons. The van der Waals surface area contributed by atoms with Crippen molar-refractivity contribution in [2.75, 3.05) is 48.1 Å². The summed E-state index contributed by atoms with van der Waals surface area (Å²) in [5.74, 6) is -2.70. The Labute approximate surface area is 359 Å². The fourth-order valence-electron chi connectivity index (χ4n) is 9.24. The number of benzene rings is 3. The first-order valence-corrected chi connectivity index (χ1v) is 22.2. The minimum atomic E-state index is -4.63. The maximum Gasteiger partial charge on any atom is 0.416 e. The van der Waals surface area contributed by atoms with Crippen molar-refractivity contribution in [1.29, 1.82) is 0 Å². The maximum atomic E-state index is 13.5. The number of amides is 5. The molecule has 0 radical (unpaired) electrons. The third kappa shape index (κ3) is 8.82. The van der Waals surface area contributed by atoms with E-state index in [0.717, 1.165) is 62.4 Å². The van der Waals surface area contributed by atoms with E-state index in [1.54, 1.807) is 18.2 Å². The Hall–Kier alpha value is -4.75. The highest BCUT2D eigenvalue weighted by molar-refractivity contribution is 7.90. The summed E-state index contributed by atoms with van der Waals surface area (Å²) in [4.78, 5) is 67.6. The van der Waals surface area contributed by atoms with Crippen molar-refractivity contribution in [1.82, 2.24) is 19.4 Å². The number of imide groups is 2. The number of rotatable bonds is 10. The lowest BCUT2D eigenvalue weighted by atomic mass is 9.60. The van der Waals surface area contributed by atoms with Crippen molar-refractivity contribution in [2.24, 2.45) is 11.3 Å². The van der Waals surface area contributed by atoms with Gasteiger partial charge in [0.1, 0.15) is 6.04 Å². The molecule has 4 heterocycles. The number of piperidine rings is 3. The lowest BCUT2D eigenvalue weighted by Crippen LogP contribution is -2.54. The van der Waals surface area contributed by atoms with E-state index in [9.17, 15) is 45.6 Å². The van der Waals surface area contributed by atoms with Gasteiger partial charge in [-0.2, -0.15) is 25.9 Å². The molecule has 5 aliphatic rings. The van der Waals surface area contributed by atoms with Crippen molar-refractivity contribution in [3.8, 4) is 0 Å². The highest BCUT2D eigenvalue weighted by atomic mass is 35.5. The number of hydrogen-bond donors (Lipinski definition) is 4. The second kappa shape index (κ2) is 16.5. The highest BCUT2D eigenvalue weighted by Gasteiger charge is 2.49. The molecule has 3 aromatic carbocycles. The van der Waals surface area contributed by atoms with Crippen LogP contribution < -0.4 is 20.7 Å². The van der Waals surface area contributed by atoms with Crippen LogP contribution in [0.15, 0.2) is 54.6 Å². The zero-order valence-electron chi connectivity index (χ0n) is 32.6. The molecule has 0 aromatic heterocycles. The zero-order valence-corrected chi connectivity index (χ0v) is 34.9. The van der Waals surface area contributed by atoms with E-state index in [2.05, 4.69) is 25.6 Å². The molecule has 61 heavy (non-hydrogen) atoms. The second-order valence-corrected chi connectivity index (χ2v) is 19.0. The number of carbonyl (C=O) groups is 5. The highest BCUT2D eigenvalue weighted by Crippen LogP contribution is 2.50. The van der Waals surface area contributed by atoms with Gasteiger partial charge in [-0.25, -0.2) is 0 Å². The van der Waals surface area contributed by atoms with Crippen molar-refractivity contribution >= 4 is 80.0 Å². The molecule has 5 amide bonds. The summed E-state index contributed by atoms with van der Waals surface area (Å²) >= 11 is 12.2. The van der Waals surface area contributed by atoms with Crippen LogP contribution >= 0.6 is 23.2 Å². The molecule has 8 rings (SSSR count). The quantitative estimate of drug-likeness (QED) is 0.168. The van der Waals surface area contributed by atoms with E-state index < -0.39 is 57.5 Å². The lowest BCUT2D eigenvalue weighted by Gasteiger charge is -2.53. The number of alkyl halides is 3. The van der Waals surface area contributed by atoms with E-state index in [1.807, 2.05) is 0 Å². The van der Waals surface area contributed by atoms with Crippen LogP contribution in [0, 0.1) is 11.3 Å². The van der Waals surface area contributed by atoms with Gasteiger partial charge < -0.3 is 15.5 Å². The van der Waals surface area contributed by atoms with E-state index in [4.69, 9.17) is 23.2 Å². The number of halogens is 5. The summed E-state index contributed by atoms with van der Waals surface area (Å²) in [6, 6.07) is 10.6. The molecule has 1 aliphatic carbocycles. The molecule has 14 nitrogen and oxygen atoms in total. The third-order valence-corrected chi connectivity index (χ3v) is 14.6. The van der Waals surface area contributed by atoms with Crippen LogP contribution in [-0.2, 0) is 26.0 Å². The molecule has 4 N–H and O–H groups in total. The Morgan fingerprint density at radius 1 is 0.869 bits per heavy atom. The van der Waals surface area contributed by atoms with Crippen LogP contribution in [0.2, 0.25) is 10.0 Å². The Morgan fingerprint density at radius 3 is 2.25 bits per heavy atom. The fraction of sp³-hybridized carbons (Fsp3) is 0.439. The molecule has 1 unspecified atom stereocenters. The van der Waals surface area contributed by atoms with E-state index in [1.165, 1.54) is 22.5 Å². The summed E-state index contributed by atoms with van der Waals surface area (Å²) in [6.45, 7) is 3.18. The SMILES string of the molecule is O=C1CCC(N2C(=O)c3cccc(NC4CC5(CCN(CC6CCN(S(=O)(=O)Nc7ccc(Cl)cc7C(=O)Nc7ccc(C(F)(F)F)cc7Cl)CC6)CC5)C4)c3C2=O)C(=O)N1. The molecular formula is C41H42Cl2F3N7O7S. The van der Waals surface area contributed by atoms with Crippen molar-refractivity contribution in [2.45, 2.75) is 69.6 Å². The van der Waals surface area contributed by atoms with Gasteiger partial charge in [0, 0.05) is 42.8 Å². The Bertz CT molecular complexity index is 2410. The minimum absolute atomic E-state index is 0.0509. The standard InChI is InChI=1S/C41H42Cl2F3N7O7S/c42-25-5-7-30(28(19-25)36(55)48-31-6-4-24(18-29(31)43)41(44,45)46)50-61(59,60)52-14-10-23(11-15-52)22-51-16-12-40(13-17-51)20-26(21-40)47-32-3-1-2-27-35(32)39(58)53(38(27)57)33-8-9-34(54)49-37(33)56/h1-7,18-19,23,26,33,47,50H,8-17,20-22H2,(H,48,55)(H,49,54,56).